The average Bonchev–Trinajstić information content (AvgIpc) is 3.22. The minimum atomic E-state index is -1.07. The lowest BCUT2D eigenvalue weighted by molar-refractivity contribution is -0.0238. The molecule has 18 heteroatoms. The van der Waals surface area contributed by atoms with Gasteiger partial charge in [0.1, 0.15) is 23.7 Å². The van der Waals surface area contributed by atoms with Crippen LogP contribution in [0.1, 0.15) is 32.4 Å². The Bertz CT molecular complexity index is 1690. The van der Waals surface area contributed by atoms with Crippen LogP contribution in [0.4, 0.5) is 5.69 Å². The van der Waals surface area contributed by atoms with E-state index in [1.54, 1.807) is 36.0 Å². The number of benzene rings is 1. The molecule has 0 saturated carbocycles. The van der Waals surface area contributed by atoms with Gasteiger partial charge in [-0.2, -0.15) is 16.8 Å². The van der Waals surface area contributed by atoms with Gasteiger partial charge in [-0.1, -0.05) is 12.1 Å². The number of hydrogen-bond donors (Lipinski definition) is 2. The number of pyridine rings is 2. The number of thioether (sulfide) groups is 1. The molecule has 0 amide bonds. The van der Waals surface area contributed by atoms with Crippen molar-refractivity contribution in [3.8, 4) is 5.75 Å². The lowest BCUT2D eigenvalue weighted by Crippen LogP contribution is -2.35. The Hall–Kier alpha value is -3.91. The highest BCUT2D eigenvalue weighted by molar-refractivity contribution is 7.99. The zero-order valence-corrected chi connectivity index (χ0v) is 34.2. The van der Waals surface area contributed by atoms with Gasteiger partial charge < -0.3 is 43.4 Å². The van der Waals surface area contributed by atoms with Gasteiger partial charge in [-0.15, -0.1) is 0 Å². The van der Waals surface area contributed by atoms with Crippen LogP contribution >= 0.6 is 24.0 Å². The molecule has 1 saturated heterocycles. The smallest absolute Gasteiger partial charge is 0.354 e. The Labute approximate surface area is 348 Å². The van der Waals surface area contributed by atoms with E-state index >= 15 is 0 Å². The molecule has 0 spiro atoms. The van der Waals surface area contributed by atoms with Gasteiger partial charge in [-0.3, -0.25) is 9.80 Å². The number of thiocarbonyl (C=S) groups is 1. The van der Waals surface area contributed by atoms with Gasteiger partial charge in [0.25, 0.3) is 0 Å². The lowest BCUT2D eigenvalue weighted by Gasteiger charge is -2.25. The third kappa shape index (κ3) is 19.7. The van der Waals surface area contributed by atoms with E-state index in [9.17, 15) is 19.8 Å². The van der Waals surface area contributed by atoms with Crippen LogP contribution in [-0.4, -0.2) is 170 Å². The normalized spacial score (nSPS) is 17.1. The summed E-state index contributed by atoms with van der Waals surface area (Å²) in [6.07, 6.45) is -0.201. The van der Waals surface area contributed by atoms with Crippen molar-refractivity contribution in [2.75, 3.05) is 117 Å². The fraction of sp³-hybridized carbons (Fsp3) is 0.525. The van der Waals surface area contributed by atoms with Crippen LogP contribution in [0.5, 0.6) is 5.75 Å². The number of aromatic nitrogens is 2. The Morgan fingerprint density at radius 1 is 0.741 bits per heavy atom. The molecular formula is C40H53N5O11S2. The molecule has 16 nitrogen and oxygen atoms in total. The maximum absolute atomic E-state index is 11.5. The van der Waals surface area contributed by atoms with Crippen LogP contribution in [0.25, 0.3) is 0 Å². The van der Waals surface area contributed by atoms with Crippen LogP contribution in [-0.2, 0) is 41.5 Å². The Kier molecular flexibility index (Phi) is 23.0. The van der Waals surface area contributed by atoms with E-state index in [-0.39, 0.29) is 17.5 Å². The van der Waals surface area contributed by atoms with Gasteiger partial charge in [0.15, 0.2) is 0 Å². The molecule has 0 aliphatic carbocycles. The van der Waals surface area contributed by atoms with Crippen LogP contribution in [0.2, 0.25) is 0 Å². The molecule has 4 rings (SSSR count). The van der Waals surface area contributed by atoms with E-state index < -0.39 is 11.9 Å². The summed E-state index contributed by atoms with van der Waals surface area (Å²) in [7, 11) is 0. The van der Waals surface area contributed by atoms with Gasteiger partial charge in [0.05, 0.1) is 101 Å². The van der Waals surface area contributed by atoms with Crippen molar-refractivity contribution in [3.05, 3.63) is 83.4 Å². The van der Waals surface area contributed by atoms with Gasteiger partial charge in [-0.25, -0.2) is 19.6 Å². The maximum Gasteiger partial charge on any atom is 0.354 e. The van der Waals surface area contributed by atoms with E-state index in [0.717, 1.165) is 17.2 Å². The second-order valence-corrected chi connectivity index (χ2v) is 14.2. The summed E-state index contributed by atoms with van der Waals surface area (Å²) in [6, 6.07) is 17.2. The SMILES string of the molecule is O=C(O)c1cccc(CN2CCOCCOCCN(Cc3cccc(C(=O)O)n3)CCO[C@H](CSCCOCCOCCOc3ccc(N=C=S)cc3)COCC2)n1. The highest BCUT2D eigenvalue weighted by Gasteiger charge is 2.16. The molecule has 1 aliphatic heterocycles. The van der Waals surface area contributed by atoms with Crippen LogP contribution in [0, 0.1) is 0 Å². The third-order valence-corrected chi connectivity index (χ3v) is 9.63. The first-order valence-corrected chi connectivity index (χ1v) is 20.7. The number of rotatable bonds is 19. The van der Waals surface area contributed by atoms with Crippen molar-refractivity contribution < 1.29 is 53.0 Å². The molecule has 2 N–H and O–H groups in total. The van der Waals surface area contributed by atoms with Crippen molar-refractivity contribution in [1.29, 1.82) is 0 Å². The van der Waals surface area contributed by atoms with E-state index in [1.807, 2.05) is 24.3 Å². The first kappa shape index (κ1) is 46.8. The molecule has 1 fully saturated rings. The van der Waals surface area contributed by atoms with E-state index in [4.69, 9.17) is 33.2 Å². The Morgan fingerprint density at radius 3 is 1.88 bits per heavy atom. The number of nitrogens with zero attached hydrogens (tertiary/aromatic N) is 5. The molecule has 0 bridgehead atoms. The number of aromatic carboxylic acids is 2. The van der Waals surface area contributed by atoms with Crippen molar-refractivity contribution in [3.63, 3.8) is 0 Å². The highest BCUT2D eigenvalue weighted by Crippen LogP contribution is 2.17. The van der Waals surface area contributed by atoms with E-state index in [2.05, 4.69) is 42.1 Å². The van der Waals surface area contributed by atoms with Crippen LogP contribution < -0.4 is 4.74 Å². The third-order valence-electron chi connectivity index (χ3n) is 8.47. The van der Waals surface area contributed by atoms with Crippen molar-refractivity contribution in [2.24, 2.45) is 4.99 Å². The molecule has 3 aromatic rings. The van der Waals surface area contributed by atoms with Crippen molar-refractivity contribution >= 4 is 46.8 Å². The quantitative estimate of drug-likeness (QED) is 0.0994. The predicted octanol–water partition coefficient (Wildman–Crippen LogP) is 4.21. The number of isothiocyanates is 1. The van der Waals surface area contributed by atoms with Crippen LogP contribution in [0.3, 0.4) is 0 Å². The number of aliphatic imine (C=N–C) groups is 1. The molecule has 0 radical (unpaired) electrons. The fourth-order valence-electron chi connectivity index (χ4n) is 5.52. The number of carboxylic acids is 2. The monoisotopic (exact) mass is 843 g/mol. The molecule has 1 aliphatic rings. The first-order valence-electron chi connectivity index (χ1n) is 19.1. The van der Waals surface area contributed by atoms with Crippen LogP contribution in [0.15, 0.2) is 65.7 Å². The topological polar surface area (TPSA) is 184 Å². The molecular weight excluding hydrogens is 791 g/mol. The summed E-state index contributed by atoms with van der Waals surface area (Å²) in [6.45, 7) is 8.47. The molecule has 2 aromatic heterocycles. The lowest BCUT2D eigenvalue weighted by atomic mass is 10.3. The first-order chi connectivity index (χ1) is 28.4. The van der Waals surface area contributed by atoms with Gasteiger partial charge >= 0.3 is 11.9 Å². The van der Waals surface area contributed by atoms with Gasteiger partial charge in [-0.05, 0) is 60.7 Å². The summed E-state index contributed by atoms with van der Waals surface area (Å²) < 4.78 is 41.4. The Morgan fingerprint density at radius 2 is 1.29 bits per heavy atom. The fourth-order valence-corrected chi connectivity index (χ4v) is 6.49. The molecule has 316 valence electrons. The van der Waals surface area contributed by atoms with Crippen molar-refractivity contribution in [1.82, 2.24) is 19.8 Å². The summed E-state index contributed by atoms with van der Waals surface area (Å²) in [5.74, 6) is 0.0305. The largest absolute Gasteiger partial charge is 0.491 e. The zero-order chi connectivity index (χ0) is 41.0. The number of hydrogen-bond acceptors (Lipinski definition) is 16. The standard InChI is InChI=1S/C40H53N5O11S2/c46-39(47)37-5-1-3-33(42-37)27-44-11-15-50-19-20-51-16-12-45(28-34-4-2-6-38(43-34)40(48)49)14-18-55-36(29-54-17-13-44)30-58-26-25-53-22-21-52-23-24-56-35-9-7-32(8-10-35)41-31-57/h1-10,36H,11-30H2,(H,46,47)(H,48,49)/t36-/m0/s1. The second-order valence-electron chi connectivity index (χ2n) is 12.8. The second kappa shape index (κ2) is 28.5. The van der Waals surface area contributed by atoms with Gasteiger partial charge in [0.2, 0.25) is 0 Å². The van der Waals surface area contributed by atoms with E-state index in [1.165, 1.54) is 12.1 Å². The molecule has 3 heterocycles. The summed E-state index contributed by atoms with van der Waals surface area (Å²) >= 11 is 6.33. The number of carboxylic acid groups (broad SMARTS) is 2. The average molecular weight is 844 g/mol. The van der Waals surface area contributed by atoms with E-state index in [0.29, 0.717) is 136 Å². The predicted molar refractivity (Wildman–Crippen MR) is 221 cm³/mol. The van der Waals surface area contributed by atoms with Gasteiger partial charge in [0, 0.05) is 50.8 Å². The summed E-state index contributed by atoms with van der Waals surface area (Å²) in [4.78, 5) is 39.8. The Balaban J connectivity index is 1.24. The molecule has 0 unspecified atom stereocenters. The van der Waals surface area contributed by atoms with Crippen molar-refractivity contribution in [2.45, 2.75) is 19.2 Å². The minimum absolute atomic E-state index is 0.000326. The molecule has 1 atom stereocenters. The molecule has 58 heavy (non-hydrogen) atoms. The number of ether oxygens (including phenoxy) is 7. The summed E-state index contributed by atoms with van der Waals surface area (Å²) in [5, 5.41) is 21.2. The highest BCUT2D eigenvalue weighted by atomic mass is 32.2. The summed E-state index contributed by atoms with van der Waals surface area (Å²) in [5.41, 5.74) is 2.02. The zero-order valence-electron chi connectivity index (χ0n) is 32.6. The molecule has 1 aromatic carbocycles. The minimum Gasteiger partial charge on any atom is -0.491 e. The number of carbonyl (C=O) groups is 2. The maximum atomic E-state index is 11.5.